The number of hydrogen-bond acceptors (Lipinski definition) is 5. The van der Waals surface area contributed by atoms with Crippen LogP contribution in [-0.2, 0) is 17.9 Å². The first-order valence-electron chi connectivity index (χ1n) is 7.75. The molecule has 4 aromatic rings. The van der Waals surface area contributed by atoms with E-state index >= 15 is 0 Å². The van der Waals surface area contributed by atoms with Gasteiger partial charge in [-0.3, -0.25) is 19.0 Å². The number of nitrogens with one attached hydrogen (secondary N) is 1. The van der Waals surface area contributed by atoms with Gasteiger partial charge in [-0.1, -0.05) is 6.07 Å². The molecule has 0 spiro atoms. The number of nitrogens with zero attached hydrogens (tertiary/aromatic N) is 4. The molecule has 0 aliphatic rings. The van der Waals surface area contributed by atoms with Gasteiger partial charge in [0, 0.05) is 24.3 Å². The lowest BCUT2D eigenvalue weighted by Crippen LogP contribution is -2.34. The summed E-state index contributed by atoms with van der Waals surface area (Å²) in [7, 11) is 0. The summed E-state index contributed by atoms with van der Waals surface area (Å²) in [5.74, 6) is 0.405. The third-order valence-electron chi connectivity index (χ3n) is 3.96. The minimum absolute atomic E-state index is 0.116. The topological polar surface area (TPSA) is 81.3 Å². The van der Waals surface area contributed by atoms with Gasteiger partial charge in [0.05, 0.1) is 0 Å². The number of rotatable bonds is 4. The molecule has 8 heteroatoms. The highest BCUT2D eigenvalue weighted by Crippen LogP contribution is 2.24. The summed E-state index contributed by atoms with van der Waals surface area (Å²) in [4.78, 5) is 29.8. The number of carbonyl (C=O) groups excluding carboxylic acids is 1. The van der Waals surface area contributed by atoms with Crippen molar-refractivity contribution in [3.05, 3.63) is 63.8 Å². The maximum absolute atomic E-state index is 12.7. The highest BCUT2D eigenvalue weighted by molar-refractivity contribution is 7.16. The zero-order chi connectivity index (χ0) is 17.4. The predicted molar refractivity (Wildman–Crippen MR) is 95.7 cm³/mol. The highest BCUT2D eigenvalue weighted by Gasteiger charge is 2.14. The van der Waals surface area contributed by atoms with Crippen LogP contribution in [0.1, 0.15) is 11.4 Å². The summed E-state index contributed by atoms with van der Waals surface area (Å²) in [6, 6.07) is 7.49. The third kappa shape index (κ3) is 2.80. The van der Waals surface area contributed by atoms with E-state index in [2.05, 4.69) is 15.4 Å². The van der Waals surface area contributed by atoms with Crippen LogP contribution in [-0.4, -0.2) is 25.1 Å². The van der Waals surface area contributed by atoms with E-state index in [0.717, 1.165) is 15.8 Å². The van der Waals surface area contributed by atoms with Crippen molar-refractivity contribution < 1.29 is 4.79 Å². The van der Waals surface area contributed by atoms with Crippen molar-refractivity contribution in [2.45, 2.75) is 20.0 Å². The lowest BCUT2D eigenvalue weighted by Gasteiger charge is -2.09. The molecular weight excluding hydrogens is 338 g/mol. The molecule has 4 rings (SSSR count). The molecule has 0 bridgehead atoms. The first kappa shape index (κ1) is 15.5. The second-order valence-electron chi connectivity index (χ2n) is 5.69. The van der Waals surface area contributed by atoms with E-state index in [1.807, 2.05) is 41.0 Å². The summed E-state index contributed by atoms with van der Waals surface area (Å²) in [6.45, 7) is 2.08. The first-order valence-corrected chi connectivity index (χ1v) is 8.63. The van der Waals surface area contributed by atoms with Crippen molar-refractivity contribution >= 4 is 33.0 Å². The molecule has 0 saturated heterocycles. The van der Waals surface area contributed by atoms with Gasteiger partial charge in [0.2, 0.25) is 5.91 Å². The zero-order valence-electron chi connectivity index (χ0n) is 13.5. The Hall–Kier alpha value is -3.00. The van der Waals surface area contributed by atoms with Crippen LogP contribution in [0, 0.1) is 6.92 Å². The number of amides is 1. The van der Waals surface area contributed by atoms with Crippen LogP contribution in [0.4, 0.5) is 0 Å². The number of hydrogen-bond donors (Lipinski definition) is 1. The van der Waals surface area contributed by atoms with Crippen molar-refractivity contribution in [3.63, 3.8) is 0 Å². The van der Waals surface area contributed by atoms with Gasteiger partial charge in [0.25, 0.3) is 5.56 Å². The van der Waals surface area contributed by atoms with E-state index in [4.69, 9.17) is 0 Å². The van der Waals surface area contributed by atoms with Crippen LogP contribution >= 0.6 is 11.3 Å². The summed E-state index contributed by atoms with van der Waals surface area (Å²) in [5.41, 5.74) is 1.16. The monoisotopic (exact) mass is 353 g/mol. The molecule has 0 unspecified atom stereocenters. The van der Waals surface area contributed by atoms with Crippen molar-refractivity contribution in [3.8, 4) is 0 Å². The molecule has 7 nitrogen and oxygen atoms in total. The normalized spacial score (nSPS) is 11.2. The first-order chi connectivity index (χ1) is 12.1. The fraction of sp³-hybridized carbons (Fsp3) is 0.176. The largest absolute Gasteiger partial charge is 0.350 e. The third-order valence-corrected chi connectivity index (χ3v) is 4.87. The number of carbonyl (C=O) groups is 1. The molecule has 0 aromatic carbocycles. The van der Waals surface area contributed by atoms with Crippen molar-refractivity contribution in [1.29, 1.82) is 0 Å². The molecule has 0 fully saturated rings. The minimum atomic E-state index is -0.273. The Morgan fingerprint density at radius 1 is 1.36 bits per heavy atom. The second kappa shape index (κ2) is 6.14. The molecule has 0 saturated carbocycles. The molecule has 1 amide bonds. The summed E-state index contributed by atoms with van der Waals surface area (Å²) >= 11 is 1.56. The van der Waals surface area contributed by atoms with E-state index in [-0.39, 0.29) is 18.0 Å². The van der Waals surface area contributed by atoms with E-state index < -0.39 is 0 Å². The molecule has 0 aliphatic carbocycles. The predicted octanol–water partition coefficient (Wildman–Crippen LogP) is 1.73. The van der Waals surface area contributed by atoms with Crippen LogP contribution in [0.3, 0.4) is 0 Å². The standard InChI is InChI=1S/C17H15N5O2S/c1-11-20-21(10-15(23)19-9-12-3-2-5-18-8-12)16(24)14-7-13-4-6-25-17(13)22(11)14/h2-8H,9-10H2,1H3,(H,19,23). The van der Waals surface area contributed by atoms with Crippen LogP contribution < -0.4 is 10.9 Å². The Morgan fingerprint density at radius 3 is 3.04 bits per heavy atom. The molecule has 1 N–H and O–H groups in total. The average Bonchev–Trinajstić information content (AvgIpc) is 3.19. The Kier molecular flexibility index (Phi) is 3.81. The fourth-order valence-corrected chi connectivity index (χ4v) is 3.74. The van der Waals surface area contributed by atoms with Gasteiger partial charge in [-0.25, -0.2) is 4.68 Å². The molecule has 4 heterocycles. The molecule has 4 aromatic heterocycles. The lowest BCUT2D eigenvalue weighted by atomic mass is 10.3. The summed E-state index contributed by atoms with van der Waals surface area (Å²) < 4.78 is 3.05. The number of pyridine rings is 1. The maximum atomic E-state index is 12.7. The smallest absolute Gasteiger partial charge is 0.291 e. The second-order valence-corrected chi connectivity index (χ2v) is 6.59. The summed E-state index contributed by atoms with van der Waals surface area (Å²) in [5, 5.41) is 10.1. The Bertz CT molecular complexity index is 1130. The molecule has 0 radical (unpaired) electrons. The fourth-order valence-electron chi connectivity index (χ4n) is 2.80. The van der Waals surface area contributed by atoms with Crippen LogP contribution in [0.2, 0.25) is 0 Å². The molecular formula is C17H15N5O2S. The zero-order valence-corrected chi connectivity index (χ0v) is 14.3. The van der Waals surface area contributed by atoms with Gasteiger partial charge >= 0.3 is 0 Å². The van der Waals surface area contributed by atoms with Crippen LogP contribution in [0.25, 0.3) is 15.7 Å². The molecule has 25 heavy (non-hydrogen) atoms. The quantitative estimate of drug-likeness (QED) is 0.606. The van der Waals surface area contributed by atoms with Crippen molar-refractivity contribution in [2.75, 3.05) is 0 Å². The number of thiophene rings is 1. The average molecular weight is 353 g/mol. The van der Waals surface area contributed by atoms with Crippen molar-refractivity contribution in [1.82, 2.24) is 24.5 Å². The minimum Gasteiger partial charge on any atom is -0.350 e. The van der Waals surface area contributed by atoms with Gasteiger partial charge in [0.1, 0.15) is 22.7 Å². The van der Waals surface area contributed by atoms with Gasteiger partial charge in [-0.2, -0.15) is 5.10 Å². The van der Waals surface area contributed by atoms with E-state index in [0.29, 0.717) is 17.9 Å². The molecule has 0 atom stereocenters. The SMILES string of the molecule is Cc1nn(CC(=O)NCc2cccnc2)c(=O)c2cc3ccsc3n12. The number of aromatic nitrogens is 4. The molecule has 126 valence electrons. The Morgan fingerprint density at radius 2 is 2.24 bits per heavy atom. The lowest BCUT2D eigenvalue weighted by molar-refractivity contribution is -0.122. The van der Waals surface area contributed by atoms with E-state index in [1.54, 1.807) is 23.7 Å². The van der Waals surface area contributed by atoms with Gasteiger partial charge < -0.3 is 5.32 Å². The number of fused-ring (bicyclic) bond motifs is 3. The Labute approximate surface area is 146 Å². The Balaban J connectivity index is 1.60. The van der Waals surface area contributed by atoms with Crippen LogP contribution in [0.5, 0.6) is 0 Å². The van der Waals surface area contributed by atoms with Crippen molar-refractivity contribution in [2.24, 2.45) is 0 Å². The summed E-state index contributed by atoms with van der Waals surface area (Å²) in [6.07, 6.45) is 3.36. The van der Waals surface area contributed by atoms with E-state index in [9.17, 15) is 9.59 Å². The van der Waals surface area contributed by atoms with Gasteiger partial charge in [-0.15, -0.1) is 11.3 Å². The van der Waals surface area contributed by atoms with Gasteiger partial charge in [0.15, 0.2) is 0 Å². The van der Waals surface area contributed by atoms with Gasteiger partial charge in [-0.05, 0) is 36.1 Å². The maximum Gasteiger partial charge on any atom is 0.291 e. The molecule has 0 aliphatic heterocycles. The number of aryl methyl sites for hydroxylation is 1. The van der Waals surface area contributed by atoms with Crippen LogP contribution in [0.15, 0.2) is 46.8 Å². The highest BCUT2D eigenvalue weighted by atomic mass is 32.1. The van der Waals surface area contributed by atoms with E-state index in [1.165, 1.54) is 4.68 Å².